The Morgan fingerprint density at radius 2 is 1.63 bits per heavy atom. The SMILES string of the molecule is Cc1c(-c2ccc(N3CCc4cccc(C(=O)Nc5nc6ccccc6s5)c4C3)nc2C(=O)O)cnn1CC12CC3(C)CC(C)(C1)CC(OCCN(C(=O)OC/C=C/c1ccc(O[C@H]4C[C@@H](O)C[C@@H](C(=O)O)O4)c(NC(=O)CCNC(=O)CCCCCN4C(=O)C=CC4=O)c1)C1COC1)(C3)C2. The molecule has 4 bridgehead atoms. The molecule has 14 rings (SSSR count). The van der Waals surface area contributed by atoms with Gasteiger partial charge in [0.1, 0.15) is 18.2 Å². The normalized spacial score (nSPS) is 24.4. The first kappa shape index (κ1) is 70.0. The molecule has 4 saturated carbocycles. The lowest BCUT2D eigenvalue weighted by Crippen LogP contribution is -2.64. The van der Waals surface area contributed by atoms with E-state index in [1.807, 2.05) is 71.1 Å². The number of aliphatic carboxylic acids is 1. The number of ether oxygens (including phenoxy) is 5. The van der Waals surface area contributed by atoms with Gasteiger partial charge in [0, 0.05) is 99.5 Å². The third-order valence-electron chi connectivity index (χ3n) is 20.6. The first-order valence-electron chi connectivity index (χ1n) is 34.6. The number of thiazole rings is 1. The van der Waals surface area contributed by atoms with Crippen LogP contribution < -0.4 is 25.6 Å². The maximum atomic E-state index is 14.0. The number of carbonyl (C=O) groups is 8. The molecular formula is C74H84N10O16S. The Hall–Kier alpha value is -9.41. The van der Waals surface area contributed by atoms with Crippen LogP contribution >= 0.6 is 11.3 Å². The first-order valence-corrected chi connectivity index (χ1v) is 35.4. The molecule has 3 aromatic carbocycles. The number of aromatic nitrogens is 4. The number of imide groups is 1. The molecule has 2 saturated heterocycles. The Kier molecular flexibility index (Phi) is 20.3. The number of aliphatic hydroxyl groups excluding tert-OH is 1. The van der Waals surface area contributed by atoms with E-state index in [-0.39, 0.29) is 122 Å². The Morgan fingerprint density at radius 1 is 0.842 bits per heavy atom. The molecule has 6 amide bonds. The molecule has 7 heterocycles. The number of carboxylic acids is 2. The summed E-state index contributed by atoms with van der Waals surface area (Å²) in [6.07, 6.45) is 11.4. The zero-order valence-electron chi connectivity index (χ0n) is 56.8. The lowest BCUT2D eigenvalue weighted by Gasteiger charge is -2.69. The van der Waals surface area contributed by atoms with Gasteiger partial charge in [-0.05, 0) is 146 Å². The maximum absolute atomic E-state index is 14.0. The summed E-state index contributed by atoms with van der Waals surface area (Å²) in [5.41, 5.74) is 5.23. The first-order chi connectivity index (χ1) is 48.5. The smallest absolute Gasteiger partial charge is 0.410 e. The molecule has 5 atom stereocenters. The molecule has 27 heteroatoms. The van der Waals surface area contributed by atoms with E-state index in [4.69, 9.17) is 33.8 Å². The van der Waals surface area contributed by atoms with Crippen molar-refractivity contribution in [1.29, 1.82) is 0 Å². The molecule has 26 nitrogen and oxygen atoms in total. The Morgan fingerprint density at radius 3 is 2.39 bits per heavy atom. The van der Waals surface area contributed by atoms with Gasteiger partial charge in [0.05, 0.1) is 59.7 Å². The fraction of sp³-hybridized carbons (Fsp3) is 0.473. The summed E-state index contributed by atoms with van der Waals surface area (Å²) in [7, 11) is 0. The highest BCUT2D eigenvalue weighted by Crippen LogP contribution is 2.72. The highest BCUT2D eigenvalue weighted by Gasteiger charge is 2.66. The summed E-state index contributed by atoms with van der Waals surface area (Å²) in [5.74, 6) is -3.49. The number of carbonyl (C=O) groups excluding carboxylic acids is 6. The second-order valence-electron chi connectivity index (χ2n) is 28.8. The van der Waals surface area contributed by atoms with Crippen LogP contribution in [-0.2, 0) is 62.4 Å². The average molecular weight is 1400 g/mol. The summed E-state index contributed by atoms with van der Waals surface area (Å²) in [6.45, 7) is 9.69. The quantitative estimate of drug-likeness (QED) is 0.0197. The minimum absolute atomic E-state index is 0.0194. The van der Waals surface area contributed by atoms with Crippen LogP contribution in [-0.4, -0.2) is 175 Å². The van der Waals surface area contributed by atoms with Crippen molar-refractivity contribution in [3.8, 4) is 16.9 Å². The van der Waals surface area contributed by atoms with Crippen LogP contribution in [0.4, 0.5) is 21.4 Å². The van der Waals surface area contributed by atoms with Crippen LogP contribution in [0.15, 0.2) is 97.2 Å². The number of benzene rings is 3. The number of nitrogens with zero attached hydrogens (tertiary/aromatic N) is 7. The number of nitrogens with one attached hydrogen (secondary N) is 3. The molecule has 4 aliphatic carbocycles. The molecule has 3 aromatic heterocycles. The number of unbranched alkanes of at least 4 members (excludes halogenated alkanes) is 2. The van der Waals surface area contributed by atoms with Crippen LogP contribution in [0.25, 0.3) is 27.4 Å². The molecule has 532 valence electrons. The third kappa shape index (κ3) is 15.9. The second kappa shape index (κ2) is 29.3. The van der Waals surface area contributed by atoms with Gasteiger partial charge in [0.15, 0.2) is 16.9 Å². The Bertz CT molecular complexity index is 4210. The van der Waals surface area contributed by atoms with Crippen molar-refractivity contribution in [2.24, 2.45) is 16.2 Å². The number of anilines is 3. The number of hydrogen-bond donors (Lipinski definition) is 6. The van der Waals surface area contributed by atoms with Gasteiger partial charge in [-0.2, -0.15) is 5.10 Å². The van der Waals surface area contributed by atoms with Crippen molar-refractivity contribution >= 4 is 91.8 Å². The molecule has 101 heavy (non-hydrogen) atoms. The minimum Gasteiger partial charge on any atom is -0.479 e. The van der Waals surface area contributed by atoms with Gasteiger partial charge >= 0.3 is 18.0 Å². The number of para-hydroxylation sites is 1. The molecular weight excluding hydrogens is 1320 g/mol. The number of aliphatic hydroxyl groups is 1. The average Bonchev–Trinajstić information content (AvgIpc) is 1.01. The van der Waals surface area contributed by atoms with E-state index in [2.05, 4.69) is 34.8 Å². The fourth-order valence-electron chi connectivity index (χ4n) is 17.1. The number of rotatable bonds is 28. The molecule has 6 aromatic rings. The summed E-state index contributed by atoms with van der Waals surface area (Å²) in [5, 5.41) is 44.9. The van der Waals surface area contributed by atoms with Crippen LogP contribution in [0.3, 0.4) is 0 Å². The van der Waals surface area contributed by atoms with Gasteiger partial charge in [-0.1, -0.05) is 68.0 Å². The van der Waals surface area contributed by atoms with Gasteiger partial charge in [-0.3, -0.25) is 43.8 Å². The number of hydrogen-bond acceptors (Lipinski definition) is 19. The maximum Gasteiger partial charge on any atom is 0.410 e. The van der Waals surface area contributed by atoms with Gasteiger partial charge in [0.2, 0.25) is 18.1 Å². The van der Waals surface area contributed by atoms with Crippen LogP contribution in [0.2, 0.25) is 0 Å². The lowest BCUT2D eigenvalue weighted by molar-refractivity contribution is -0.249. The Labute approximate surface area is 587 Å². The van der Waals surface area contributed by atoms with Gasteiger partial charge in [-0.15, -0.1) is 0 Å². The van der Waals surface area contributed by atoms with Crippen molar-refractivity contribution in [2.45, 2.75) is 154 Å². The second-order valence-corrected chi connectivity index (χ2v) is 29.8. The van der Waals surface area contributed by atoms with E-state index in [9.17, 15) is 53.7 Å². The molecule has 0 radical (unpaired) electrons. The van der Waals surface area contributed by atoms with E-state index in [1.54, 1.807) is 41.4 Å². The summed E-state index contributed by atoms with van der Waals surface area (Å²) < 4.78 is 33.2. The standard InChI is InChI=1S/C74H84N10O16S/c1-45-52(50-18-20-59(79-65(50)68(93)94)81-27-24-47-12-9-13-51(53(47)35-81)66(90)80-69-78-54-14-6-7-15-58(54)101-69)34-76-84(45)44-73-39-71(2)38-72(3,40-73)42-74(41-71,43-73)98-30-28-82(48-36-96-37-48)70(95)97-29-10-11-46-17-19-56(99-64-33-49(85)32-57(100-64)67(91)92)55(31-46)77-61(87)23-25-75-60(86)16-5-4-8-26-83-62(88)21-22-63(83)89/h6-7,9-15,17-22,31,34,48-49,57,64,85H,4-5,8,16,23-30,32-33,35-44H2,1-3H3,(H,75,86)(H,77,87)(H,91,92)(H,93,94)(H,78,80,90)/b11-10+/t49-,57-,64+,71?,72?,73?,74?/m0/s1. The number of amides is 6. The van der Waals surface area contributed by atoms with Gasteiger partial charge in [0.25, 0.3) is 17.7 Å². The summed E-state index contributed by atoms with van der Waals surface area (Å²) in [6, 6.07) is 21.8. The molecule has 2 unspecified atom stereocenters. The highest BCUT2D eigenvalue weighted by atomic mass is 32.1. The molecule has 6 N–H and O–H groups in total. The van der Waals surface area contributed by atoms with Crippen LogP contribution in [0, 0.1) is 23.2 Å². The molecule has 6 fully saturated rings. The molecule has 8 aliphatic rings. The predicted molar refractivity (Wildman–Crippen MR) is 372 cm³/mol. The summed E-state index contributed by atoms with van der Waals surface area (Å²) >= 11 is 1.41. The van der Waals surface area contributed by atoms with Crippen molar-refractivity contribution in [3.05, 3.63) is 131 Å². The molecule has 0 spiro atoms. The van der Waals surface area contributed by atoms with E-state index in [0.29, 0.717) is 91.7 Å². The van der Waals surface area contributed by atoms with Crippen LogP contribution in [0.5, 0.6) is 5.75 Å². The van der Waals surface area contributed by atoms with Gasteiger partial charge < -0.3 is 54.5 Å². The van der Waals surface area contributed by atoms with Gasteiger partial charge in [-0.25, -0.2) is 24.4 Å². The summed E-state index contributed by atoms with van der Waals surface area (Å²) in [4.78, 5) is 117. The van der Waals surface area contributed by atoms with E-state index < -0.39 is 48.0 Å². The number of aromatic carboxylic acids is 1. The lowest BCUT2D eigenvalue weighted by atomic mass is 9.39. The number of pyridine rings is 1. The van der Waals surface area contributed by atoms with E-state index in [0.717, 1.165) is 70.5 Å². The zero-order valence-corrected chi connectivity index (χ0v) is 57.6. The number of carboxylic acid groups (broad SMARTS) is 2. The van der Waals surface area contributed by atoms with E-state index in [1.165, 1.54) is 23.5 Å². The van der Waals surface area contributed by atoms with Crippen molar-refractivity contribution in [2.75, 3.05) is 68.1 Å². The zero-order chi connectivity index (χ0) is 70.8. The van der Waals surface area contributed by atoms with Crippen LogP contribution in [0.1, 0.15) is 141 Å². The topological polar surface area (TPSA) is 333 Å². The monoisotopic (exact) mass is 1400 g/mol. The largest absolute Gasteiger partial charge is 0.479 e. The van der Waals surface area contributed by atoms with Crippen molar-refractivity contribution in [1.82, 2.24) is 34.9 Å². The minimum atomic E-state index is -1.31. The highest BCUT2D eigenvalue weighted by molar-refractivity contribution is 7.22. The van der Waals surface area contributed by atoms with Crippen molar-refractivity contribution < 1.29 is 77.4 Å². The number of fused-ring (bicyclic) bond motifs is 2. The fourth-order valence-corrected chi connectivity index (χ4v) is 17.9. The molecule has 4 aliphatic heterocycles. The Balaban J connectivity index is 0.625. The van der Waals surface area contributed by atoms with Crippen molar-refractivity contribution in [3.63, 3.8) is 0 Å². The predicted octanol–water partition coefficient (Wildman–Crippen LogP) is 9.32. The third-order valence-corrected chi connectivity index (χ3v) is 21.5. The van der Waals surface area contributed by atoms with E-state index >= 15 is 0 Å².